The molecule has 5 heteroatoms. The highest BCUT2D eigenvalue weighted by Gasteiger charge is 2.08. The van der Waals surface area contributed by atoms with E-state index in [-0.39, 0.29) is 0 Å². The van der Waals surface area contributed by atoms with Crippen LogP contribution in [0.25, 0.3) is 0 Å². The number of aliphatic imine (C=N–C) groups is 1. The molecule has 1 aliphatic heterocycles. The molecule has 0 amide bonds. The van der Waals surface area contributed by atoms with Gasteiger partial charge in [-0.15, -0.1) is 0 Å². The second kappa shape index (κ2) is 6.34. The highest BCUT2D eigenvalue weighted by molar-refractivity contribution is 8.01. The Balaban J connectivity index is 2.00. The SMILES string of the molecule is CC(C)SNc1ccc(CC2=NCCN2)cc1Cl. The molecule has 1 heterocycles. The molecule has 0 radical (unpaired) electrons. The maximum absolute atomic E-state index is 6.26. The Labute approximate surface area is 118 Å². The van der Waals surface area contributed by atoms with Crippen molar-refractivity contribution in [2.45, 2.75) is 25.5 Å². The number of nitrogens with one attached hydrogen (secondary N) is 2. The highest BCUT2D eigenvalue weighted by atomic mass is 35.5. The van der Waals surface area contributed by atoms with Crippen molar-refractivity contribution in [1.82, 2.24) is 5.32 Å². The average Bonchev–Trinajstić information content (AvgIpc) is 2.80. The van der Waals surface area contributed by atoms with Gasteiger partial charge in [-0.05, 0) is 29.6 Å². The zero-order valence-electron chi connectivity index (χ0n) is 10.7. The number of rotatable bonds is 5. The number of nitrogens with zero attached hydrogens (tertiary/aromatic N) is 1. The molecule has 1 aromatic carbocycles. The summed E-state index contributed by atoms with van der Waals surface area (Å²) in [4.78, 5) is 4.39. The lowest BCUT2D eigenvalue weighted by Crippen LogP contribution is -2.20. The molecule has 2 rings (SSSR count). The Morgan fingerprint density at radius 2 is 2.33 bits per heavy atom. The fourth-order valence-electron chi connectivity index (χ4n) is 1.69. The van der Waals surface area contributed by atoms with Crippen molar-refractivity contribution in [3.63, 3.8) is 0 Å². The number of benzene rings is 1. The van der Waals surface area contributed by atoms with Crippen LogP contribution in [-0.2, 0) is 6.42 Å². The fourth-order valence-corrected chi connectivity index (χ4v) is 2.54. The summed E-state index contributed by atoms with van der Waals surface area (Å²) in [6, 6.07) is 6.13. The Bertz CT molecular complexity index is 446. The predicted molar refractivity (Wildman–Crippen MR) is 81.8 cm³/mol. The second-order valence-corrected chi connectivity index (χ2v) is 6.30. The minimum absolute atomic E-state index is 0.526. The third-order valence-electron chi connectivity index (χ3n) is 2.55. The lowest BCUT2D eigenvalue weighted by molar-refractivity contribution is 0.953. The summed E-state index contributed by atoms with van der Waals surface area (Å²) in [6.07, 6.45) is 0.831. The van der Waals surface area contributed by atoms with Crippen LogP contribution in [0.15, 0.2) is 23.2 Å². The van der Waals surface area contributed by atoms with E-state index in [1.54, 1.807) is 11.9 Å². The van der Waals surface area contributed by atoms with Crippen LogP contribution < -0.4 is 10.0 Å². The van der Waals surface area contributed by atoms with E-state index in [1.165, 1.54) is 5.56 Å². The fraction of sp³-hybridized carbons (Fsp3) is 0.462. The standard InChI is InChI=1S/C13H18ClN3S/c1-9(2)18-17-12-4-3-10(7-11(12)14)8-13-15-5-6-16-13/h3-4,7,9,17H,5-6,8H2,1-2H3,(H,15,16). The van der Waals surface area contributed by atoms with Crippen molar-refractivity contribution in [3.8, 4) is 0 Å². The first-order chi connectivity index (χ1) is 8.65. The summed E-state index contributed by atoms with van der Waals surface area (Å²) in [5, 5.41) is 4.56. The topological polar surface area (TPSA) is 36.4 Å². The van der Waals surface area contributed by atoms with E-state index in [0.717, 1.165) is 36.1 Å². The van der Waals surface area contributed by atoms with E-state index in [1.807, 2.05) is 12.1 Å². The van der Waals surface area contributed by atoms with Crippen LogP contribution in [0.2, 0.25) is 5.02 Å². The van der Waals surface area contributed by atoms with Gasteiger partial charge in [0.1, 0.15) is 5.84 Å². The molecule has 0 saturated carbocycles. The van der Waals surface area contributed by atoms with Gasteiger partial charge in [-0.1, -0.05) is 31.5 Å². The number of amidine groups is 1. The van der Waals surface area contributed by atoms with Gasteiger partial charge >= 0.3 is 0 Å². The molecule has 0 aromatic heterocycles. The van der Waals surface area contributed by atoms with E-state index in [9.17, 15) is 0 Å². The summed E-state index contributed by atoms with van der Waals surface area (Å²) in [5.74, 6) is 1.06. The van der Waals surface area contributed by atoms with Crippen molar-refractivity contribution in [2.24, 2.45) is 4.99 Å². The molecule has 0 atom stereocenters. The van der Waals surface area contributed by atoms with Gasteiger partial charge in [-0.2, -0.15) is 0 Å². The van der Waals surface area contributed by atoms with Crippen LogP contribution in [-0.4, -0.2) is 24.2 Å². The van der Waals surface area contributed by atoms with Gasteiger partial charge in [-0.3, -0.25) is 4.99 Å². The zero-order chi connectivity index (χ0) is 13.0. The van der Waals surface area contributed by atoms with E-state index in [2.05, 4.69) is 34.9 Å². The van der Waals surface area contributed by atoms with Gasteiger partial charge in [0.25, 0.3) is 0 Å². The predicted octanol–water partition coefficient (Wildman–Crippen LogP) is 3.35. The molecule has 0 bridgehead atoms. The Morgan fingerprint density at radius 3 is 2.94 bits per heavy atom. The van der Waals surface area contributed by atoms with Crippen molar-refractivity contribution in [2.75, 3.05) is 17.8 Å². The third kappa shape index (κ3) is 3.82. The van der Waals surface area contributed by atoms with E-state index in [0.29, 0.717) is 5.25 Å². The van der Waals surface area contributed by atoms with E-state index < -0.39 is 0 Å². The Kier molecular flexibility index (Phi) is 4.78. The third-order valence-corrected chi connectivity index (χ3v) is 3.68. The smallest absolute Gasteiger partial charge is 0.101 e. The molecular weight excluding hydrogens is 266 g/mol. The Hall–Kier alpha value is -0.870. The normalized spacial score (nSPS) is 14.6. The first kappa shape index (κ1) is 13.6. The molecule has 1 aromatic rings. The van der Waals surface area contributed by atoms with Gasteiger partial charge in [0.15, 0.2) is 0 Å². The Morgan fingerprint density at radius 1 is 1.50 bits per heavy atom. The minimum Gasteiger partial charge on any atom is -0.372 e. The summed E-state index contributed by atoms with van der Waals surface area (Å²) >= 11 is 7.93. The van der Waals surface area contributed by atoms with Crippen LogP contribution in [0.3, 0.4) is 0 Å². The second-order valence-electron chi connectivity index (χ2n) is 4.51. The van der Waals surface area contributed by atoms with Crippen LogP contribution in [0, 0.1) is 0 Å². The average molecular weight is 284 g/mol. The lowest BCUT2D eigenvalue weighted by atomic mass is 10.1. The van der Waals surface area contributed by atoms with Crippen molar-refractivity contribution in [3.05, 3.63) is 28.8 Å². The molecule has 1 aliphatic rings. The molecule has 3 nitrogen and oxygen atoms in total. The molecule has 0 unspecified atom stereocenters. The maximum atomic E-state index is 6.26. The molecular formula is C13H18ClN3S. The molecule has 98 valence electrons. The molecule has 0 spiro atoms. The summed E-state index contributed by atoms with van der Waals surface area (Å²) in [7, 11) is 0. The van der Waals surface area contributed by atoms with Gasteiger partial charge < -0.3 is 10.0 Å². The zero-order valence-corrected chi connectivity index (χ0v) is 12.2. The molecule has 0 aliphatic carbocycles. The van der Waals surface area contributed by atoms with Crippen molar-refractivity contribution in [1.29, 1.82) is 0 Å². The number of hydrogen-bond donors (Lipinski definition) is 2. The van der Waals surface area contributed by atoms with Crippen LogP contribution >= 0.6 is 23.5 Å². The first-order valence-corrected chi connectivity index (χ1v) is 7.38. The summed E-state index contributed by atoms with van der Waals surface area (Å²) in [6.45, 7) is 6.12. The van der Waals surface area contributed by atoms with Crippen LogP contribution in [0.1, 0.15) is 19.4 Å². The molecule has 18 heavy (non-hydrogen) atoms. The van der Waals surface area contributed by atoms with Crippen molar-refractivity contribution >= 4 is 35.1 Å². The summed E-state index contributed by atoms with van der Waals surface area (Å²) < 4.78 is 3.27. The lowest BCUT2D eigenvalue weighted by Gasteiger charge is -2.11. The number of halogens is 1. The summed E-state index contributed by atoms with van der Waals surface area (Å²) in [5.41, 5.74) is 2.16. The quantitative estimate of drug-likeness (QED) is 0.814. The molecule has 2 N–H and O–H groups in total. The molecule has 0 saturated heterocycles. The van der Waals surface area contributed by atoms with Gasteiger partial charge in [0.05, 0.1) is 17.3 Å². The van der Waals surface area contributed by atoms with Gasteiger partial charge in [-0.25, -0.2) is 0 Å². The van der Waals surface area contributed by atoms with Crippen LogP contribution in [0.4, 0.5) is 5.69 Å². The first-order valence-electron chi connectivity index (χ1n) is 6.12. The van der Waals surface area contributed by atoms with Gasteiger partial charge in [0.2, 0.25) is 0 Å². The maximum Gasteiger partial charge on any atom is 0.101 e. The van der Waals surface area contributed by atoms with Gasteiger partial charge in [0, 0.05) is 18.2 Å². The monoisotopic (exact) mass is 283 g/mol. The van der Waals surface area contributed by atoms with Crippen LogP contribution in [0.5, 0.6) is 0 Å². The van der Waals surface area contributed by atoms with E-state index in [4.69, 9.17) is 11.6 Å². The van der Waals surface area contributed by atoms with Crippen molar-refractivity contribution < 1.29 is 0 Å². The molecule has 0 fully saturated rings. The van der Waals surface area contributed by atoms with E-state index >= 15 is 0 Å². The number of hydrogen-bond acceptors (Lipinski definition) is 4. The largest absolute Gasteiger partial charge is 0.372 e. The highest BCUT2D eigenvalue weighted by Crippen LogP contribution is 2.26. The minimum atomic E-state index is 0.526. The number of anilines is 1.